The number of nitrogens with zero attached hydrogens (tertiary/aromatic N) is 3. The maximum absolute atomic E-state index is 12.9. The molecular weight excluding hydrogens is 377 g/mol. The number of halogens is 1. The van der Waals surface area contributed by atoms with Crippen molar-refractivity contribution in [3.8, 4) is 0 Å². The highest BCUT2D eigenvalue weighted by Crippen LogP contribution is 2.18. The maximum Gasteiger partial charge on any atom is 0.286 e. The average molecular weight is 398 g/mol. The lowest BCUT2D eigenvalue weighted by Gasteiger charge is -2.09. The highest BCUT2D eigenvalue weighted by atomic mass is 32.2. The molecule has 0 atom stereocenters. The molecule has 0 saturated heterocycles. The van der Waals surface area contributed by atoms with E-state index in [2.05, 4.69) is 20.8 Å². The monoisotopic (exact) mass is 397 g/mol. The Labute approximate surface area is 159 Å². The van der Waals surface area contributed by atoms with Gasteiger partial charge < -0.3 is 15.5 Å². The number of thioether (sulfide) groups is 1. The van der Waals surface area contributed by atoms with E-state index in [4.69, 9.17) is 0 Å². The van der Waals surface area contributed by atoms with Crippen LogP contribution in [0.2, 0.25) is 0 Å². The van der Waals surface area contributed by atoms with Gasteiger partial charge in [-0.1, -0.05) is 11.3 Å². The van der Waals surface area contributed by atoms with Crippen molar-refractivity contribution in [1.29, 1.82) is 0 Å². The molecule has 0 saturated carbocycles. The minimum Gasteiger partial charge on any atom is -0.354 e. The molecule has 7 nitrogen and oxygen atoms in total. The van der Waals surface area contributed by atoms with Crippen molar-refractivity contribution in [3.63, 3.8) is 0 Å². The van der Waals surface area contributed by atoms with Crippen LogP contribution in [0.3, 0.4) is 0 Å². The van der Waals surface area contributed by atoms with E-state index in [1.54, 1.807) is 0 Å². The molecule has 0 unspecified atom stereocenters. The van der Waals surface area contributed by atoms with E-state index in [1.807, 2.05) is 19.0 Å². The lowest BCUT2D eigenvalue weighted by Crippen LogP contribution is -2.32. The van der Waals surface area contributed by atoms with Gasteiger partial charge in [0.2, 0.25) is 10.9 Å². The molecule has 0 bridgehead atoms. The van der Waals surface area contributed by atoms with E-state index < -0.39 is 5.91 Å². The van der Waals surface area contributed by atoms with Crippen molar-refractivity contribution >= 4 is 40.6 Å². The van der Waals surface area contributed by atoms with Crippen molar-refractivity contribution in [1.82, 2.24) is 20.4 Å². The summed E-state index contributed by atoms with van der Waals surface area (Å²) in [5.74, 6) is 0.0265. The van der Waals surface area contributed by atoms with Crippen LogP contribution in [-0.4, -0.2) is 59.8 Å². The Kier molecular flexibility index (Phi) is 7.95. The number of amides is 2. The third-order valence-corrected chi connectivity index (χ3v) is 5.15. The smallest absolute Gasteiger partial charge is 0.286 e. The lowest BCUT2D eigenvalue weighted by atomic mass is 10.3. The number of hydrogen-bond acceptors (Lipinski definition) is 7. The second-order valence-electron chi connectivity index (χ2n) is 5.61. The van der Waals surface area contributed by atoms with E-state index in [-0.39, 0.29) is 16.7 Å². The van der Waals surface area contributed by atoms with Crippen molar-refractivity contribution in [2.24, 2.45) is 0 Å². The molecule has 0 spiro atoms. The van der Waals surface area contributed by atoms with Crippen LogP contribution >= 0.6 is 23.1 Å². The molecule has 1 aromatic carbocycles. The largest absolute Gasteiger partial charge is 0.354 e. The summed E-state index contributed by atoms with van der Waals surface area (Å²) in [5, 5.41) is 14.2. The quantitative estimate of drug-likeness (QED) is 0.671. The normalized spacial score (nSPS) is 10.8. The van der Waals surface area contributed by atoms with E-state index in [1.165, 1.54) is 47.4 Å². The van der Waals surface area contributed by atoms with Crippen LogP contribution in [0.15, 0.2) is 24.3 Å². The van der Waals surface area contributed by atoms with Crippen LogP contribution in [0.1, 0.15) is 14.8 Å². The molecule has 0 aliphatic heterocycles. The lowest BCUT2D eigenvalue weighted by molar-refractivity contribution is -0.118. The number of carbonyl (C=O) groups is 2. The van der Waals surface area contributed by atoms with E-state index in [0.717, 1.165) is 6.54 Å². The molecular formula is C16H20FN5O2S2. The second kappa shape index (κ2) is 10.2. The minimum absolute atomic E-state index is 0.0318. The molecule has 140 valence electrons. The second-order valence-corrected chi connectivity index (χ2v) is 7.66. The number of nitrogens with one attached hydrogen (secondary N) is 2. The first-order valence-corrected chi connectivity index (χ1v) is 9.79. The molecule has 1 heterocycles. The summed E-state index contributed by atoms with van der Waals surface area (Å²) in [7, 11) is 3.89. The van der Waals surface area contributed by atoms with Gasteiger partial charge in [0.25, 0.3) is 5.91 Å². The van der Waals surface area contributed by atoms with Crippen molar-refractivity contribution < 1.29 is 14.0 Å². The summed E-state index contributed by atoms with van der Waals surface area (Å²) in [6.45, 7) is 1.40. The summed E-state index contributed by atoms with van der Waals surface area (Å²) in [5.41, 5.74) is 0.483. The van der Waals surface area contributed by atoms with Gasteiger partial charge in [-0.15, -0.1) is 22.0 Å². The highest BCUT2D eigenvalue weighted by molar-refractivity contribution is 7.99. The Bertz CT molecular complexity index is 736. The molecule has 2 rings (SSSR count). The first kappa shape index (κ1) is 20.3. The SMILES string of the molecule is CN(C)CCNC(=O)CSCc1nnc(C(=O)Nc2ccc(F)cc2)s1. The number of benzene rings is 1. The van der Waals surface area contributed by atoms with Gasteiger partial charge in [-0.3, -0.25) is 9.59 Å². The first-order valence-electron chi connectivity index (χ1n) is 7.82. The van der Waals surface area contributed by atoms with Crippen LogP contribution in [0, 0.1) is 5.82 Å². The fourth-order valence-electron chi connectivity index (χ4n) is 1.82. The molecule has 2 amide bonds. The fraction of sp³-hybridized carbons (Fsp3) is 0.375. The number of rotatable bonds is 9. The Morgan fingerprint density at radius 1 is 1.23 bits per heavy atom. The van der Waals surface area contributed by atoms with Crippen molar-refractivity contribution in [2.45, 2.75) is 5.75 Å². The van der Waals surface area contributed by atoms with E-state index in [0.29, 0.717) is 28.7 Å². The van der Waals surface area contributed by atoms with Crippen LogP contribution in [0.25, 0.3) is 0 Å². The zero-order valence-corrected chi connectivity index (χ0v) is 16.1. The molecule has 0 fully saturated rings. The summed E-state index contributed by atoms with van der Waals surface area (Å²) < 4.78 is 12.9. The van der Waals surface area contributed by atoms with Gasteiger partial charge in [0, 0.05) is 24.5 Å². The molecule has 1 aromatic heterocycles. The third-order valence-electron chi connectivity index (χ3n) is 3.10. The van der Waals surface area contributed by atoms with E-state index >= 15 is 0 Å². The van der Waals surface area contributed by atoms with Gasteiger partial charge in [0.05, 0.1) is 5.75 Å². The van der Waals surface area contributed by atoms with Gasteiger partial charge >= 0.3 is 0 Å². The van der Waals surface area contributed by atoms with Crippen molar-refractivity contribution in [2.75, 3.05) is 38.3 Å². The van der Waals surface area contributed by atoms with Crippen LogP contribution in [0.5, 0.6) is 0 Å². The van der Waals surface area contributed by atoms with Gasteiger partial charge in [-0.2, -0.15) is 0 Å². The molecule has 0 aliphatic carbocycles. The summed E-state index contributed by atoms with van der Waals surface area (Å²) >= 11 is 2.58. The molecule has 0 aliphatic rings. The molecule has 0 radical (unpaired) electrons. The number of likely N-dealkylation sites (N-methyl/N-ethyl adjacent to an activating group) is 1. The Morgan fingerprint density at radius 3 is 2.65 bits per heavy atom. The summed E-state index contributed by atoms with van der Waals surface area (Å²) in [6.07, 6.45) is 0. The fourth-order valence-corrected chi connectivity index (χ4v) is 3.46. The number of anilines is 1. The zero-order chi connectivity index (χ0) is 18.9. The average Bonchev–Trinajstić information content (AvgIpc) is 3.05. The van der Waals surface area contributed by atoms with Crippen LogP contribution in [0.4, 0.5) is 10.1 Å². The van der Waals surface area contributed by atoms with E-state index in [9.17, 15) is 14.0 Å². The predicted molar refractivity (Wildman–Crippen MR) is 102 cm³/mol. The summed E-state index contributed by atoms with van der Waals surface area (Å²) in [4.78, 5) is 25.8. The Morgan fingerprint density at radius 2 is 1.96 bits per heavy atom. The minimum atomic E-state index is -0.396. The molecule has 26 heavy (non-hydrogen) atoms. The standard InChI is InChI=1S/C16H20FN5O2S2/c1-22(2)8-7-18-13(23)9-25-10-14-20-21-16(26-14)15(24)19-12-5-3-11(17)4-6-12/h3-6H,7-10H2,1-2H3,(H,18,23)(H,19,24). The molecule has 2 aromatic rings. The zero-order valence-electron chi connectivity index (χ0n) is 14.5. The number of aromatic nitrogens is 2. The number of carbonyl (C=O) groups excluding carboxylic acids is 2. The summed E-state index contributed by atoms with van der Waals surface area (Å²) in [6, 6.07) is 5.47. The third kappa shape index (κ3) is 7.06. The maximum atomic E-state index is 12.9. The topological polar surface area (TPSA) is 87.2 Å². The van der Waals surface area contributed by atoms with Gasteiger partial charge in [-0.05, 0) is 38.4 Å². The Hall–Kier alpha value is -2.04. The Balaban J connectivity index is 1.74. The van der Waals surface area contributed by atoms with Gasteiger partial charge in [0.1, 0.15) is 10.8 Å². The van der Waals surface area contributed by atoms with Crippen molar-refractivity contribution in [3.05, 3.63) is 40.1 Å². The predicted octanol–water partition coefficient (Wildman–Crippen LogP) is 1.84. The molecule has 2 N–H and O–H groups in total. The van der Waals surface area contributed by atoms with Gasteiger partial charge in [0.15, 0.2) is 0 Å². The molecule has 10 heteroatoms. The van der Waals surface area contributed by atoms with Crippen LogP contribution in [-0.2, 0) is 10.5 Å². The first-order chi connectivity index (χ1) is 12.4. The van der Waals surface area contributed by atoms with Gasteiger partial charge in [-0.25, -0.2) is 4.39 Å². The van der Waals surface area contributed by atoms with Crippen LogP contribution < -0.4 is 10.6 Å². The highest BCUT2D eigenvalue weighted by Gasteiger charge is 2.13. The number of hydrogen-bond donors (Lipinski definition) is 2.